The topological polar surface area (TPSA) is 39.2 Å². The van der Waals surface area contributed by atoms with E-state index in [1.807, 2.05) is 0 Å². The quantitative estimate of drug-likeness (QED) is 0.343. The molecule has 5 heteroatoms. The second-order valence-corrected chi connectivity index (χ2v) is 2.68. The van der Waals surface area contributed by atoms with E-state index in [1.165, 1.54) is 13.3 Å². The average Bonchev–Trinajstić information content (AvgIpc) is 2.08. The summed E-state index contributed by atoms with van der Waals surface area (Å²) in [5, 5.41) is 0.405. The van der Waals surface area contributed by atoms with Gasteiger partial charge in [0.15, 0.2) is 0 Å². The summed E-state index contributed by atoms with van der Waals surface area (Å²) >= 11 is 5.67. The number of aromatic nitrogens is 1. The van der Waals surface area contributed by atoms with E-state index >= 15 is 0 Å². The molecule has 0 saturated heterocycles. The first-order chi connectivity index (χ1) is 5.65. The van der Waals surface area contributed by atoms with Gasteiger partial charge in [-0.1, -0.05) is 17.1 Å². The van der Waals surface area contributed by atoms with E-state index in [-0.39, 0.29) is 0 Å². The van der Waals surface area contributed by atoms with Gasteiger partial charge >= 0.3 is 5.97 Å². The first-order valence-electron chi connectivity index (χ1n) is 3.35. The van der Waals surface area contributed by atoms with Crippen molar-refractivity contribution in [3.8, 4) is 0 Å². The van der Waals surface area contributed by atoms with Gasteiger partial charge in [0.25, 0.3) is 0 Å². The minimum atomic E-state index is -0.401. The number of pyridine rings is 1. The van der Waals surface area contributed by atoms with Crippen LogP contribution in [0.2, 0.25) is 5.15 Å². The lowest BCUT2D eigenvalue weighted by molar-refractivity contribution is 0.0600. The Bertz CT molecular complexity index is 316. The number of nitrogens with zero attached hydrogens (tertiary/aromatic N) is 1. The molecular formula is C7H7BClNO2. The molecule has 0 radical (unpaired) electrons. The molecule has 0 spiro atoms. The van der Waals surface area contributed by atoms with Crippen molar-refractivity contribution < 1.29 is 9.53 Å². The fourth-order valence-electron chi connectivity index (χ4n) is 0.788. The number of hydrogen-bond acceptors (Lipinski definition) is 3. The zero-order chi connectivity index (χ0) is 9.14. The maximum atomic E-state index is 11.0. The lowest BCUT2D eigenvalue weighted by Crippen LogP contribution is -2.11. The molecule has 1 heterocycles. The van der Waals surface area contributed by atoms with Gasteiger partial charge in [-0.2, -0.15) is 0 Å². The highest BCUT2D eigenvalue weighted by Gasteiger charge is 2.06. The molecule has 1 rings (SSSR count). The third-order valence-corrected chi connectivity index (χ3v) is 1.83. The Kier molecular flexibility index (Phi) is 2.71. The van der Waals surface area contributed by atoms with Crippen molar-refractivity contribution in [2.24, 2.45) is 0 Å². The van der Waals surface area contributed by atoms with Gasteiger partial charge in [0.1, 0.15) is 13.0 Å². The number of rotatable bonds is 1. The normalized spacial score (nSPS) is 9.50. The first-order valence-corrected chi connectivity index (χ1v) is 3.73. The van der Waals surface area contributed by atoms with Crippen LogP contribution in [-0.4, -0.2) is 25.9 Å². The summed E-state index contributed by atoms with van der Waals surface area (Å²) in [5.74, 6) is -0.401. The SMILES string of the molecule is Bc1cc(C(=O)OC)cnc1Cl. The van der Waals surface area contributed by atoms with Crippen LogP contribution in [-0.2, 0) is 4.74 Å². The van der Waals surface area contributed by atoms with E-state index in [0.717, 1.165) is 5.46 Å². The van der Waals surface area contributed by atoms with E-state index in [1.54, 1.807) is 13.9 Å². The number of halogens is 1. The van der Waals surface area contributed by atoms with Gasteiger partial charge in [0, 0.05) is 6.20 Å². The van der Waals surface area contributed by atoms with Crippen LogP contribution >= 0.6 is 11.6 Å². The van der Waals surface area contributed by atoms with Gasteiger partial charge in [0.2, 0.25) is 0 Å². The van der Waals surface area contributed by atoms with Crippen LogP contribution in [0.25, 0.3) is 0 Å². The summed E-state index contributed by atoms with van der Waals surface area (Å²) in [6, 6.07) is 1.64. The molecule has 62 valence electrons. The molecule has 1 aromatic rings. The minimum Gasteiger partial charge on any atom is -0.465 e. The molecule has 12 heavy (non-hydrogen) atoms. The van der Waals surface area contributed by atoms with Crippen molar-refractivity contribution in [2.45, 2.75) is 0 Å². The molecule has 1 aromatic heterocycles. The monoisotopic (exact) mass is 183 g/mol. The van der Waals surface area contributed by atoms with E-state index in [4.69, 9.17) is 11.6 Å². The Morgan fingerprint density at radius 1 is 1.75 bits per heavy atom. The predicted octanol–water partition coefficient (Wildman–Crippen LogP) is -0.220. The second-order valence-electron chi connectivity index (χ2n) is 2.32. The van der Waals surface area contributed by atoms with Crippen molar-refractivity contribution in [1.29, 1.82) is 0 Å². The fraction of sp³-hybridized carbons (Fsp3) is 0.143. The summed E-state index contributed by atoms with van der Waals surface area (Å²) < 4.78 is 4.51. The summed E-state index contributed by atoms with van der Waals surface area (Å²) in [6.07, 6.45) is 1.39. The molecule has 0 saturated carbocycles. The van der Waals surface area contributed by atoms with Crippen molar-refractivity contribution in [3.05, 3.63) is 23.0 Å². The molecule has 0 amide bonds. The van der Waals surface area contributed by atoms with E-state index in [9.17, 15) is 4.79 Å². The number of esters is 1. The molecule has 0 aromatic carbocycles. The maximum absolute atomic E-state index is 11.0. The van der Waals surface area contributed by atoms with Gasteiger partial charge in [-0.25, -0.2) is 9.78 Å². The molecule has 0 fully saturated rings. The summed E-state index contributed by atoms with van der Waals surface area (Å²) in [7, 11) is 3.11. The number of carbonyl (C=O) groups is 1. The number of carbonyl (C=O) groups excluding carboxylic acids is 1. The first kappa shape index (κ1) is 9.07. The smallest absolute Gasteiger partial charge is 0.339 e. The van der Waals surface area contributed by atoms with Crippen LogP contribution in [0.1, 0.15) is 10.4 Å². The Morgan fingerprint density at radius 3 is 2.92 bits per heavy atom. The molecule has 0 aliphatic rings. The van der Waals surface area contributed by atoms with Crippen molar-refractivity contribution >= 4 is 30.9 Å². The lowest BCUT2D eigenvalue weighted by Gasteiger charge is -2.00. The van der Waals surface area contributed by atoms with Gasteiger partial charge in [-0.15, -0.1) is 0 Å². The number of ether oxygens (including phenoxy) is 1. The van der Waals surface area contributed by atoms with Crippen LogP contribution in [0, 0.1) is 0 Å². The Balaban J connectivity index is 3.05. The molecule has 0 aliphatic heterocycles. The van der Waals surface area contributed by atoms with Gasteiger partial charge in [0.05, 0.1) is 12.7 Å². The summed E-state index contributed by atoms with van der Waals surface area (Å²) in [6.45, 7) is 0. The van der Waals surface area contributed by atoms with Crippen molar-refractivity contribution in [3.63, 3.8) is 0 Å². The van der Waals surface area contributed by atoms with Crippen molar-refractivity contribution in [1.82, 2.24) is 4.98 Å². The molecule has 0 atom stereocenters. The zero-order valence-electron chi connectivity index (χ0n) is 6.80. The minimum absolute atomic E-state index is 0.401. The molecule has 0 aliphatic carbocycles. The molecule has 0 bridgehead atoms. The van der Waals surface area contributed by atoms with Crippen LogP contribution in [0.5, 0.6) is 0 Å². The average molecular weight is 183 g/mol. The standard InChI is InChI=1S/C7H7BClNO2/c1-12-7(11)4-2-5(8)6(9)10-3-4/h2-3H,8H2,1H3. The third kappa shape index (κ3) is 1.77. The van der Waals surface area contributed by atoms with Crippen LogP contribution in [0.15, 0.2) is 12.3 Å². The highest BCUT2D eigenvalue weighted by atomic mass is 35.5. The predicted molar refractivity (Wildman–Crippen MR) is 48.8 cm³/mol. The van der Waals surface area contributed by atoms with Crippen LogP contribution in [0.4, 0.5) is 0 Å². The Morgan fingerprint density at radius 2 is 2.42 bits per heavy atom. The highest BCUT2D eigenvalue weighted by molar-refractivity contribution is 6.44. The van der Waals surface area contributed by atoms with E-state index in [2.05, 4.69) is 9.72 Å². The van der Waals surface area contributed by atoms with Crippen LogP contribution in [0.3, 0.4) is 0 Å². The van der Waals surface area contributed by atoms with Gasteiger partial charge in [-0.05, 0) is 6.07 Å². The third-order valence-electron chi connectivity index (χ3n) is 1.44. The van der Waals surface area contributed by atoms with Crippen molar-refractivity contribution in [2.75, 3.05) is 7.11 Å². The molecule has 0 unspecified atom stereocenters. The van der Waals surface area contributed by atoms with E-state index < -0.39 is 5.97 Å². The van der Waals surface area contributed by atoms with Gasteiger partial charge in [-0.3, -0.25) is 0 Å². The van der Waals surface area contributed by atoms with Gasteiger partial charge < -0.3 is 4.74 Å². The molecule has 0 N–H and O–H groups in total. The fourth-order valence-corrected chi connectivity index (χ4v) is 0.891. The van der Waals surface area contributed by atoms with E-state index in [0.29, 0.717) is 10.7 Å². The second kappa shape index (κ2) is 3.58. The lowest BCUT2D eigenvalue weighted by atomic mass is 9.97. The highest BCUT2D eigenvalue weighted by Crippen LogP contribution is 2.02. The molecule has 3 nitrogen and oxygen atoms in total. The largest absolute Gasteiger partial charge is 0.465 e. The maximum Gasteiger partial charge on any atom is 0.339 e. The molecular weight excluding hydrogens is 176 g/mol. The summed E-state index contributed by atoms with van der Waals surface area (Å²) in [5.41, 5.74) is 1.18. The Hall–Kier alpha value is -1.03. The Labute approximate surface area is 76.1 Å². The van der Waals surface area contributed by atoms with Crippen LogP contribution < -0.4 is 5.46 Å². The number of methoxy groups -OCH3 is 1. The number of hydrogen-bond donors (Lipinski definition) is 0. The zero-order valence-corrected chi connectivity index (χ0v) is 7.55. The summed E-state index contributed by atoms with van der Waals surface area (Å²) in [4.78, 5) is 14.8.